The molecule has 3 N–H and O–H groups in total. The first-order chi connectivity index (χ1) is 9.58. The van der Waals surface area contributed by atoms with E-state index in [2.05, 4.69) is 5.32 Å². The summed E-state index contributed by atoms with van der Waals surface area (Å²) in [5, 5.41) is 2.58. The molecule has 0 radical (unpaired) electrons. The highest BCUT2D eigenvalue weighted by Crippen LogP contribution is 2.06. The number of carbonyl (C=O) groups is 3. The molecule has 0 aromatic carbocycles. The van der Waals surface area contributed by atoms with Crippen LogP contribution in [-0.4, -0.2) is 36.4 Å². The third kappa shape index (κ3) is 27.2. The van der Waals surface area contributed by atoms with Gasteiger partial charge in [-0.1, -0.05) is 0 Å². The number of nitrogens with two attached hydrogens (primary N) is 1. The molecule has 0 aliphatic carbocycles. The summed E-state index contributed by atoms with van der Waals surface area (Å²) >= 11 is 0. The number of nitrogens with one attached hydrogen (secondary N) is 1. The van der Waals surface area contributed by atoms with Crippen LogP contribution in [0.5, 0.6) is 0 Å². The Balaban J connectivity index is -0.000000385. The topological polar surface area (TPSA) is 98.5 Å². The lowest BCUT2D eigenvalue weighted by Gasteiger charge is -2.19. The molecular formula is C15H31ClN2O4. The molecule has 0 bridgehead atoms. The minimum atomic E-state index is -0.468. The summed E-state index contributed by atoms with van der Waals surface area (Å²) in [5.41, 5.74) is 4.66. The van der Waals surface area contributed by atoms with Gasteiger partial charge in [-0.2, -0.15) is 0 Å². The number of carbonyl (C=O) groups excluding carboxylic acids is 3. The Labute approximate surface area is 139 Å². The molecule has 0 aromatic heterocycles. The van der Waals surface area contributed by atoms with Crippen molar-refractivity contribution in [3.63, 3.8) is 0 Å². The Morgan fingerprint density at radius 2 is 1.45 bits per heavy atom. The maximum absolute atomic E-state index is 11.1. The minimum absolute atomic E-state index is 0. The molecule has 0 atom stereocenters. The molecule has 0 heterocycles. The number of rotatable bonds is 7. The number of amides is 1. The van der Waals surface area contributed by atoms with E-state index in [-0.39, 0.29) is 24.0 Å². The second-order valence-electron chi connectivity index (χ2n) is 5.83. The van der Waals surface area contributed by atoms with Crippen LogP contribution in [-0.2, 0) is 14.3 Å². The normalized spacial score (nSPS) is 9.73. The van der Waals surface area contributed by atoms with E-state index in [4.69, 9.17) is 10.5 Å². The predicted octanol–water partition coefficient (Wildman–Crippen LogP) is 2.62. The second-order valence-corrected chi connectivity index (χ2v) is 5.83. The van der Waals surface area contributed by atoms with Crippen molar-refractivity contribution in [2.24, 2.45) is 5.73 Å². The van der Waals surface area contributed by atoms with Gasteiger partial charge < -0.3 is 25.4 Å². The summed E-state index contributed by atoms with van der Waals surface area (Å²) in [6, 6.07) is 0. The summed E-state index contributed by atoms with van der Waals surface area (Å²) in [4.78, 5) is 31.8. The van der Waals surface area contributed by atoms with E-state index in [1.54, 1.807) is 6.92 Å². The molecule has 132 valence electrons. The number of halogens is 1. The van der Waals surface area contributed by atoms with Crippen molar-refractivity contribution < 1.29 is 19.1 Å². The number of ether oxygens (including phenoxy) is 1. The van der Waals surface area contributed by atoms with Crippen LogP contribution in [0.25, 0.3) is 0 Å². The largest absolute Gasteiger partial charge is 0.444 e. The first-order valence-electron chi connectivity index (χ1n) is 7.24. The Kier molecular flexibility index (Phi) is 17.3. The van der Waals surface area contributed by atoms with Gasteiger partial charge in [-0.3, -0.25) is 0 Å². The maximum Gasteiger partial charge on any atom is 0.407 e. The Morgan fingerprint density at radius 1 is 1.00 bits per heavy atom. The van der Waals surface area contributed by atoms with Gasteiger partial charge in [0.05, 0.1) is 0 Å². The van der Waals surface area contributed by atoms with Crippen LogP contribution in [0.15, 0.2) is 0 Å². The molecule has 1 amide bonds. The fraction of sp³-hybridized carbons (Fsp3) is 0.800. The van der Waals surface area contributed by atoms with Crippen molar-refractivity contribution in [1.82, 2.24) is 5.32 Å². The quantitative estimate of drug-likeness (QED) is 0.695. The van der Waals surface area contributed by atoms with E-state index in [9.17, 15) is 14.4 Å². The fourth-order valence-electron chi connectivity index (χ4n) is 1.19. The molecule has 0 rings (SSSR count). The summed E-state index contributed by atoms with van der Waals surface area (Å²) in [6.45, 7) is 9.64. The Bertz CT molecular complexity index is 328. The van der Waals surface area contributed by atoms with Crippen molar-refractivity contribution in [3.8, 4) is 0 Å². The van der Waals surface area contributed by atoms with Crippen molar-refractivity contribution in [2.75, 3.05) is 13.1 Å². The SMILES string of the molecule is CC(=O)CCCN.CC(=O)CCCNC(=O)OC(C)(C)C.Cl. The van der Waals surface area contributed by atoms with Gasteiger partial charge in [-0.25, -0.2) is 4.79 Å². The van der Waals surface area contributed by atoms with Crippen LogP contribution in [0.1, 0.15) is 60.3 Å². The van der Waals surface area contributed by atoms with Gasteiger partial charge in [0.15, 0.2) is 0 Å². The lowest BCUT2D eigenvalue weighted by atomic mass is 10.2. The monoisotopic (exact) mass is 338 g/mol. The predicted molar refractivity (Wildman–Crippen MR) is 90.4 cm³/mol. The van der Waals surface area contributed by atoms with E-state index < -0.39 is 11.7 Å². The Hall–Kier alpha value is -1.14. The molecule has 0 aliphatic heterocycles. The van der Waals surface area contributed by atoms with Gasteiger partial charge in [0.25, 0.3) is 0 Å². The van der Waals surface area contributed by atoms with Crippen LogP contribution < -0.4 is 11.1 Å². The molecule has 0 saturated heterocycles. The highest BCUT2D eigenvalue weighted by Gasteiger charge is 2.15. The number of Topliss-reactive ketones (excluding diaryl/α,β-unsaturated/α-hetero) is 2. The van der Waals surface area contributed by atoms with E-state index in [1.165, 1.54) is 6.92 Å². The minimum Gasteiger partial charge on any atom is -0.444 e. The Morgan fingerprint density at radius 3 is 1.77 bits per heavy atom. The first kappa shape index (κ1) is 25.8. The average molecular weight is 339 g/mol. The molecule has 6 nitrogen and oxygen atoms in total. The first-order valence-corrected chi connectivity index (χ1v) is 7.24. The highest BCUT2D eigenvalue weighted by atomic mass is 35.5. The smallest absolute Gasteiger partial charge is 0.407 e. The average Bonchev–Trinajstić information content (AvgIpc) is 2.30. The number of hydrogen-bond acceptors (Lipinski definition) is 5. The molecule has 22 heavy (non-hydrogen) atoms. The molecule has 0 fully saturated rings. The van der Waals surface area contributed by atoms with Gasteiger partial charge in [-0.05, 0) is 54.0 Å². The van der Waals surface area contributed by atoms with E-state index in [0.29, 0.717) is 32.4 Å². The maximum atomic E-state index is 11.1. The summed E-state index contributed by atoms with van der Waals surface area (Å²) in [6.07, 6.45) is 2.19. The number of ketones is 2. The van der Waals surface area contributed by atoms with Crippen molar-refractivity contribution in [1.29, 1.82) is 0 Å². The zero-order valence-electron chi connectivity index (χ0n) is 14.4. The second kappa shape index (κ2) is 14.8. The van der Waals surface area contributed by atoms with E-state index in [0.717, 1.165) is 6.42 Å². The van der Waals surface area contributed by atoms with Crippen LogP contribution in [0.4, 0.5) is 4.79 Å². The lowest BCUT2D eigenvalue weighted by molar-refractivity contribution is -0.117. The molecule has 0 unspecified atom stereocenters. The molecule has 0 aromatic rings. The number of alkyl carbamates (subject to hydrolysis) is 1. The molecule has 7 heteroatoms. The van der Waals surface area contributed by atoms with E-state index in [1.807, 2.05) is 20.8 Å². The molecule has 0 spiro atoms. The van der Waals surface area contributed by atoms with Crippen LogP contribution in [0.3, 0.4) is 0 Å². The van der Waals surface area contributed by atoms with Gasteiger partial charge >= 0.3 is 6.09 Å². The lowest BCUT2D eigenvalue weighted by Crippen LogP contribution is -2.33. The standard InChI is InChI=1S/C10H19NO3.C5H11NO.ClH/c1-8(12)6-5-7-11-9(13)14-10(2,3)4;1-5(7)3-2-4-6;/h5-7H2,1-4H3,(H,11,13);2-4,6H2,1H3;1H. The number of hydrogen-bond donors (Lipinski definition) is 2. The van der Waals surface area contributed by atoms with Gasteiger partial charge in [0.1, 0.15) is 17.2 Å². The summed E-state index contributed by atoms with van der Waals surface area (Å²) in [7, 11) is 0. The summed E-state index contributed by atoms with van der Waals surface area (Å²) < 4.78 is 5.01. The highest BCUT2D eigenvalue weighted by molar-refractivity contribution is 5.85. The third-order valence-electron chi connectivity index (χ3n) is 2.11. The van der Waals surface area contributed by atoms with Crippen LogP contribution >= 0.6 is 12.4 Å². The van der Waals surface area contributed by atoms with Gasteiger partial charge in [0, 0.05) is 19.4 Å². The zero-order chi connectivity index (χ0) is 16.9. The zero-order valence-corrected chi connectivity index (χ0v) is 15.2. The fourth-order valence-corrected chi connectivity index (χ4v) is 1.19. The van der Waals surface area contributed by atoms with Crippen LogP contribution in [0, 0.1) is 0 Å². The van der Waals surface area contributed by atoms with Crippen LogP contribution in [0.2, 0.25) is 0 Å². The van der Waals surface area contributed by atoms with Crippen molar-refractivity contribution >= 4 is 30.1 Å². The van der Waals surface area contributed by atoms with Gasteiger partial charge in [0.2, 0.25) is 0 Å². The van der Waals surface area contributed by atoms with Crippen molar-refractivity contribution in [2.45, 2.75) is 65.9 Å². The molecule has 0 saturated carbocycles. The molecule has 0 aliphatic rings. The van der Waals surface area contributed by atoms with Crippen molar-refractivity contribution in [3.05, 3.63) is 0 Å². The third-order valence-corrected chi connectivity index (χ3v) is 2.11. The van der Waals surface area contributed by atoms with E-state index >= 15 is 0 Å². The summed E-state index contributed by atoms with van der Waals surface area (Å²) in [5.74, 6) is 0.362. The van der Waals surface area contributed by atoms with Gasteiger partial charge in [-0.15, -0.1) is 12.4 Å². The molecular weight excluding hydrogens is 308 g/mol.